The summed E-state index contributed by atoms with van der Waals surface area (Å²) in [5, 5.41) is 29.0. The number of rotatable bonds is 17. The Morgan fingerprint density at radius 2 is 1.52 bits per heavy atom. The van der Waals surface area contributed by atoms with E-state index in [4.69, 9.17) is 9.47 Å². The first-order valence-electron chi connectivity index (χ1n) is 11.0. The summed E-state index contributed by atoms with van der Waals surface area (Å²) in [6, 6.07) is 0. The van der Waals surface area contributed by atoms with Gasteiger partial charge in [-0.2, -0.15) is 0 Å². The number of aliphatic hydroxyl groups excluding tert-OH is 3. The monoisotopic (exact) mass is 386 g/mol. The van der Waals surface area contributed by atoms with Gasteiger partial charge in [0.2, 0.25) is 0 Å². The summed E-state index contributed by atoms with van der Waals surface area (Å²) in [6.45, 7) is 3.07. The second kappa shape index (κ2) is 16.5. The molecule has 160 valence electrons. The summed E-state index contributed by atoms with van der Waals surface area (Å²) in [6.07, 6.45) is 16.1. The molecule has 0 radical (unpaired) electrons. The fourth-order valence-electron chi connectivity index (χ4n) is 3.36. The summed E-state index contributed by atoms with van der Waals surface area (Å²) in [5.74, 6) is 0. The highest BCUT2D eigenvalue weighted by Crippen LogP contribution is 2.18. The van der Waals surface area contributed by atoms with Crippen molar-refractivity contribution in [2.24, 2.45) is 0 Å². The van der Waals surface area contributed by atoms with Crippen molar-refractivity contribution < 1.29 is 24.8 Å². The van der Waals surface area contributed by atoms with E-state index in [1.165, 1.54) is 64.2 Å². The number of allylic oxidation sites excluding steroid dienone is 2. The number of unbranched alkanes of at least 4 members (excludes halogenated alkanes) is 10. The van der Waals surface area contributed by atoms with Crippen LogP contribution >= 0.6 is 0 Å². The minimum atomic E-state index is -1.03. The minimum absolute atomic E-state index is 0.0671. The SMILES string of the molecule is CCCCCC/C=C/CCCCCCCCOC[C@H](O)[C@H]1OC[C@@H](O)[C@H]1O. The van der Waals surface area contributed by atoms with Crippen molar-refractivity contribution in [1.29, 1.82) is 0 Å². The van der Waals surface area contributed by atoms with Crippen LogP contribution in [-0.2, 0) is 9.47 Å². The normalized spacial score (nSPS) is 24.1. The highest BCUT2D eigenvalue weighted by atomic mass is 16.5. The Morgan fingerprint density at radius 3 is 2.11 bits per heavy atom. The Labute approximate surface area is 165 Å². The molecule has 27 heavy (non-hydrogen) atoms. The summed E-state index contributed by atoms with van der Waals surface area (Å²) >= 11 is 0. The molecule has 0 aromatic heterocycles. The van der Waals surface area contributed by atoms with Crippen LogP contribution in [0.2, 0.25) is 0 Å². The molecule has 1 saturated heterocycles. The van der Waals surface area contributed by atoms with Crippen molar-refractivity contribution in [1.82, 2.24) is 0 Å². The molecule has 0 aromatic rings. The highest BCUT2D eigenvalue weighted by Gasteiger charge is 2.39. The van der Waals surface area contributed by atoms with Gasteiger partial charge < -0.3 is 24.8 Å². The molecule has 1 heterocycles. The van der Waals surface area contributed by atoms with Crippen LogP contribution in [0.1, 0.15) is 84.0 Å². The maximum absolute atomic E-state index is 9.93. The van der Waals surface area contributed by atoms with Crippen LogP contribution < -0.4 is 0 Å². The van der Waals surface area contributed by atoms with Crippen LogP contribution in [0.3, 0.4) is 0 Å². The highest BCUT2D eigenvalue weighted by molar-refractivity contribution is 4.87. The Hall–Kier alpha value is -0.460. The molecular formula is C22H42O5. The average Bonchev–Trinajstić information content (AvgIpc) is 3.00. The average molecular weight is 387 g/mol. The van der Waals surface area contributed by atoms with Gasteiger partial charge in [0.1, 0.15) is 24.4 Å². The lowest BCUT2D eigenvalue weighted by Gasteiger charge is -2.20. The van der Waals surface area contributed by atoms with Gasteiger partial charge in [-0.3, -0.25) is 0 Å². The van der Waals surface area contributed by atoms with Crippen LogP contribution in [0.15, 0.2) is 12.2 Å². The van der Waals surface area contributed by atoms with E-state index in [1.807, 2.05) is 0 Å². The predicted molar refractivity (Wildman–Crippen MR) is 109 cm³/mol. The molecule has 0 bridgehead atoms. The van der Waals surface area contributed by atoms with E-state index >= 15 is 0 Å². The van der Waals surface area contributed by atoms with Crippen LogP contribution in [0.4, 0.5) is 0 Å². The smallest absolute Gasteiger partial charge is 0.114 e. The summed E-state index contributed by atoms with van der Waals surface area (Å²) in [4.78, 5) is 0. The molecule has 5 heteroatoms. The first kappa shape index (κ1) is 24.6. The molecular weight excluding hydrogens is 344 g/mol. The zero-order chi connectivity index (χ0) is 19.7. The predicted octanol–water partition coefficient (Wildman–Crippen LogP) is 3.74. The molecule has 0 saturated carbocycles. The molecule has 0 aromatic carbocycles. The molecule has 4 atom stereocenters. The van der Waals surface area contributed by atoms with Gasteiger partial charge in [0.25, 0.3) is 0 Å². The third kappa shape index (κ3) is 11.9. The van der Waals surface area contributed by atoms with Crippen molar-refractivity contribution in [2.75, 3.05) is 19.8 Å². The summed E-state index contributed by atoms with van der Waals surface area (Å²) in [5.41, 5.74) is 0. The summed E-state index contributed by atoms with van der Waals surface area (Å²) in [7, 11) is 0. The van der Waals surface area contributed by atoms with Crippen LogP contribution in [-0.4, -0.2) is 59.6 Å². The van der Waals surface area contributed by atoms with E-state index in [2.05, 4.69) is 19.1 Å². The van der Waals surface area contributed by atoms with Gasteiger partial charge in [0, 0.05) is 6.61 Å². The summed E-state index contributed by atoms with van der Waals surface area (Å²) < 4.78 is 10.7. The van der Waals surface area contributed by atoms with Gasteiger partial charge in [-0.25, -0.2) is 0 Å². The zero-order valence-corrected chi connectivity index (χ0v) is 17.2. The van der Waals surface area contributed by atoms with Gasteiger partial charge in [0.15, 0.2) is 0 Å². The first-order chi connectivity index (χ1) is 13.2. The largest absolute Gasteiger partial charge is 0.388 e. The standard InChI is InChI=1S/C22H42O5/c1-2-3-4-5-6-7-8-9-10-11-12-13-14-15-16-26-17-20(24)22-21(25)19(23)18-27-22/h7-8,19-25H,2-6,9-18H2,1H3/b8-7+/t19-,20+,21-,22-/m1/s1. The van der Waals surface area contributed by atoms with E-state index in [9.17, 15) is 15.3 Å². The molecule has 5 nitrogen and oxygen atoms in total. The number of hydrogen-bond donors (Lipinski definition) is 3. The molecule has 0 amide bonds. The lowest BCUT2D eigenvalue weighted by atomic mass is 10.1. The van der Waals surface area contributed by atoms with Gasteiger partial charge >= 0.3 is 0 Å². The molecule has 1 aliphatic heterocycles. The van der Waals surface area contributed by atoms with Crippen LogP contribution in [0.5, 0.6) is 0 Å². The fourth-order valence-corrected chi connectivity index (χ4v) is 3.36. The Morgan fingerprint density at radius 1 is 0.926 bits per heavy atom. The van der Waals surface area contributed by atoms with Crippen molar-refractivity contribution in [3.05, 3.63) is 12.2 Å². The van der Waals surface area contributed by atoms with E-state index in [1.54, 1.807) is 0 Å². The molecule has 0 aliphatic carbocycles. The Balaban J connectivity index is 1.81. The minimum Gasteiger partial charge on any atom is -0.388 e. The van der Waals surface area contributed by atoms with E-state index in [-0.39, 0.29) is 13.2 Å². The lowest BCUT2D eigenvalue weighted by Crippen LogP contribution is -2.40. The topological polar surface area (TPSA) is 79.2 Å². The third-order valence-electron chi connectivity index (χ3n) is 5.16. The third-order valence-corrected chi connectivity index (χ3v) is 5.16. The lowest BCUT2D eigenvalue weighted by molar-refractivity contribution is -0.0813. The first-order valence-corrected chi connectivity index (χ1v) is 11.0. The maximum Gasteiger partial charge on any atom is 0.114 e. The van der Waals surface area contributed by atoms with Crippen molar-refractivity contribution in [3.8, 4) is 0 Å². The molecule has 1 aliphatic rings. The van der Waals surface area contributed by atoms with E-state index < -0.39 is 24.4 Å². The fraction of sp³-hybridized carbons (Fsp3) is 0.909. The Bertz CT molecular complexity index is 361. The zero-order valence-electron chi connectivity index (χ0n) is 17.2. The van der Waals surface area contributed by atoms with E-state index in [0.29, 0.717) is 6.61 Å². The molecule has 1 rings (SSSR count). The van der Waals surface area contributed by atoms with Gasteiger partial charge in [0.05, 0.1) is 13.2 Å². The molecule has 0 unspecified atom stereocenters. The van der Waals surface area contributed by atoms with Crippen molar-refractivity contribution in [2.45, 2.75) is 108 Å². The number of hydrogen-bond acceptors (Lipinski definition) is 5. The molecule has 3 N–H and O–H groups in total. The van der Waals surface area contributed by atoms with E-state index in [0.717, 1.165) is 12.8 Å². The quantitative estimate of drug-likeness (QED) is 0.262. The number of aliphatic hydroxyl groups is 3. The molecule has 1 fully saturated rings. The maximum atomic E-state index is 9.93. The van der Waals surface area contributed by atoms with Crippen molar-refractivity contribution >= 4 is 0 Å². The molecule has 0 spiro atoms. The van der Waals surface area contributed by atoms with Crippen LogP contribution in [0, 0.1) is 0 Å². The van der Waals surface area contributed by atoms with Gasteiger partial charge in [-0.1, -0.05) is 64.0 Å². The van der Waals surface area contributed by atoms with Gasteiger partial charge in [-0.05, 0) is 32.1 Å². The van der Waals surface area contributed by atoms with Crippen molar-refractivity contribution in [3.63, 3.8) is 0 Å². The number of ether oxygens (including phenoxy) is 2. The second-order valence-electron chi connectivity index (χ2n) is 7.73. The van der Waals surface area contributed by atoms with Crippen LogP contribution in [0.25, 0.3) is 0 Å². The Kier molecular flexibility index (Phi) is 15.0. The second-order valence-corrected chi connectivity index (χ2v) is 7.73. The van der Waals surface area contributed by atoms with Gasteiger partial charge in [-0.15, -0.1) is 0 Å².